The topological polar surface area (TPSA) is 61.8 Å². The molecule has 2 aliphatic carbocycles. The van der Waals surface area contributed by atoms with Crippen molar-refractivity contribution in [1.29, 1.82) is 0 Å². The first kappa shape index (κ1) is 17.5. The molecule has 3 aliphatic rings. The van der Waals surface area contributed by atoms with E-state index >= 15 is 0 Å². The van der Waals surface area contributed by atoms with Crippen molar-refractivity contribution < 1.29 is 5.11 Å². The molecule has 132 valence electrons. The average Bonchev–Trinajstić information content (AvgIpc) is 2.81. The monoisotopic (exact) mass is 341 g/mol. The van der Waals surface area contributed by atoms with Gasteiger partial charge >= 0.3 is 0 Å². The van der Waals surface area contributed by atoms with Crippen molar-refractivity contribution in [2.75, 3.05) is 13.1 Å². The SMILES string of the molecule is CCN(CC)C1CCCCC1C1(O)C(N)=NC2CCC(Cl)CC21. The van der Waals surface area contributed by atoms with Crippen LogP contribution in [0.15, 0.2) is 4.99 Å². The smallest absolute Gasteiger partial charge is 0.130 e. The lowest BCUT2D eigenvalue weighted by molar-refractivity contribution is -0.0638. The zero-order valence-corrected chi connectivity index (χ0v) is 15.3. The Bertz CT molecular complexity index is 454. The van der Waals surface area contributed by atoms with Crippen molar-refractivity contribution in [1.82, 2.24) is 4.90 Å². The highest BCUT2D eigenvalue weighted by Gasteiger charge is 2.58. The first-order chi connectivity index (χ1) is 11.0. The van der Waals surface area contributed by atoms with Crippen molar-refractivity contribution >= 4 is 17.4 Å². The van der Waals surface area contributed by atoms with Crippen LogP contribution in [0.5, 0.6) is 0 Å². The molecule has 1 aliphatic heterocycles. The lowest BCUT2D eigenvalue weighted by Gasteiger charge is -2.49. The first-order valence-electron chi connectivity index (χ1n) is 9.46. The number of nitrogens with two attached hydrogens (primary N) is 1. The summed E-state index contributed by atoms with van der Waals surface area (Å²) in [5.74, 6) is 0.791. The van der Waals surface area contributed by atoms with Gasteiger partial charge in [0, 0.05) is 23.3 Å². The van der Waals surface area contributed by atoms with E-state index in [0.717, 1.165) is 45.2 Å². The van der Waals surface area contributed by atoms with E-state index in [1.165, 1.54) is 12.8 Å². The van der Waals surface area contributed by atoms with Gasteiger partial charge < -0.3 is 15.7 Å². The van der Waals surface area contributed by atoms with Crippen LogP contribution < -0.4 is 5.73 Å². The number of aliphatic imine (C=N–C) groups is 1. The van der Waals surface area contributed by atoms with E-state index in [0.29, 0.717) is 11.9 Å². The molecule has 6 unspecified atom stereocenters. The molecule has 3 N–H and O–H groups in total. The zero-order chi connectivity index (χ0) is 16.6. The number of hydrogen-bond donors (Lipinski definition) is 2. The molecule has 0 aromatic carbocycles. The molecule has 0 aromatic rings. The van der Waals surface area contributed by atoms with Crippen LogP contribution in [-0.4, -0.2) is 52.0 Å². The number of aliphatic hydroxyl groups is 1. The zero-order valence-electron chi connectivity index (χ0n) is 14.5. The maximum atomic E-state index is 11.8. The third-order valence-electron chi connectivity index (χ3n) is 6.61. The van der Waals surface area contributed by atoms with E-state index in [2.05, 4.69) is 23.7 Å². The first-order valence-corrected chi connectivity index (χ1v) is 9.90. The molecule has 0 amide bonds. The van der Waals surface area contributed by atoms with Gasteiger partial charge in [0.2, 0.25) is 0 Å². The van der Waals surface area contributed by atoms with Crippen molar-refractivity contribution in [3.05, 3.63) is 0 Å². The summed E-state index contributed by atoms with van der Waals surface area (Å²) in [6.07, 6.45) is 7.42. The maximum absolute atomic E-state index is 11.8. The number of hydrogen-bond acceptors (Lipinski definition) is 4. The molecule has 6 atom stereocenters. The summed E-state index contributed by atoms with van der Waals surface area (Å²) in [6, 6.07) is 0.584. The number of fused-ring (bicyclic) bond motifs is 1. The average molecular weight is 342 g/mol. The van der Waals surface area contributed by atoms with Crippen molar-refractivity contribution in [3.8, 4) is 0 Å². The molecule has 23 heavy (non-hydrogen) atoms. The van der Waals surface area contributed by atoms with Gasteiger partial charge in [-0.2, -0.15) is 0 Å². The van der Waals surface area contributed by atoms with Crippen LogP contribution in [0.1, 0.15) is 58.8 Å². The van der Waals surface area contributed by atoms with Gasteiger partial charge in [-0.05, 0) is 45.2 Å². The van der Waals surface area contributed by atoms with E-state index in [9.17, 15) is 5.11 Å². The summed E-state index contributed by atoms with van der Waals surface area (Å²) in [7, 11) is 0. The minimum atomic E-state index is -0.952. The Morgan fingerprint density at radius 1 is 1.17 bits per heavy atom. The van der Waals surface area contributed by atoms with E-state index in [4.69, 9.17) is 17.3 Å². The second kappa shape index (κ2) is 6.89. The molecular weight excluding hydrogens is 310 g/mol. The summed E-state index contributed by atoms with van der Waals surface area (Å²) >= 11 is 6.44. The molecular formula is C18H32ClN3O. The van der Waals surface area contributed by atoms with Gasteiger partial charge in [-0.1, -0.05) is 26.7 Å². The van der Waals surface area contributed by atoms with Gasteiger partial charge in [-0.25, -0.2) is 0 Å². The molecule has 5 heteroatoms. The van der Waals surface area contributed by atoms with Gasteiger partial charge in [0.1, 0.15) is 11.4 Å². The Morgan fingerprint density at radius 2 is 1.87 bits per heavy atom. The highest BCUT2D eigenvalue weighted by Crippen LogP contribution is 2.49. The van der Waals surface area contributed by atoms with Crippen LogP contribution in [0.25, 0.3) is 0 Å². The second-order valence-corrected chi connectivity index (χ2v) is 8.22. The minimum absolute atomic E-state index is 0.111. The highest BCUT2D eigenvalue weighted by atomic mass is 35.5. The fourth-order valence-electron chi connectivity index (χ4n) is 5.42. The van der Waals surface area contributed by atoms with E-state index < -0.39 is 5.60 Å². The Morgan fingerprint density at radius 3 is 2.57 bits per heavy atom. The third kappa shape index (κ3) is 2.91. The van der Waals surface area contributed by atoms with Gasteiger partial charge in [0.25, 0.3) is 0 Å². The van der Waals surface area contributed by atoms with Gasteiger partial charge in [0.15, 0.2) is 0 Å². The fourth-order valence-corrected chi connectivity index (χ4v) is 5.74. The van der Waals surface area contributed by atoms with Crippen LogP contribution >= 0.6 is 11.6 Å². The van der Waals surface area contributed by atoms with Crippen LogP contribution in [-0.2, 0) is 0 Å². The predicted molar refractivity (Wildman–Crippen MR) is 96.0 cm³/mol. The summed E-state index contributed by atoms with van der Waals surface area (Å²) < 4.78 is 0. The molecule has 0 bridgehead atoms. The molecule has 3 rings (SSSR count). The number of halogens is 1. The summed E-state index contributed by atoms with van der Waals surface area (Å²) in [6.45, 7) is 6.47. The van der Waals surface area contributed by atoms with Crippen molar-refractivity contribution in [2.24, 2.45) is 22.6 Å². The predicted octanol–water partition coefficient (Wildman–Crippen LogP) is 2.77. The number of alkyl halides is 1. The Labute approximate surface area is 145 Å². The molecule has 2 saturated carbocycles. The van der Waals surface area contributed by atoms with Crippen LogP contribution in [0.3, 0.4) is 0 Å². The summed E-state index contributed by atoms with van der Waals surface area (Å²) in [5, 5.41) is 11.9. The number of rotatable bonds is 4. The molecule has 0 radical (unpaired) electrons. The lowest BCUT2D eigenvalue weighted by Crippen LogP contribution is -2.61. The Kier molecular flexibility index (Phi) is 5.24. The highest BCUT2D eigenvalue weighted by molar-refractivity contribution is 6.20. The second-order valence-electron chi connectivity index (χ2n) is 7.60. The van der Waals surface area contributed by atoms with Crippen molar-refractivity contribution in [3.63, 3.8) is 0 Å². The van der Waals surface area contributed by atoms with Gasteiger partial charge in [-0.3, -0.25) is 4.99 Å². The van der Waals surface area contributed by atoms with Crippen LogP contribution in [0.2, 0.25) is 0 Å². The standard InChI is InChI=1S/C18H32ClN3O/c1-3-22(4-2)16-8-6-5-7-13(16)18(23)14-11-12(19)9-10-15(14)21-17(18)20/h12-16,23H,3-11H2,1-2H3,(H2,20,21). The Hall–Kier alpha value is -0.320. The van der Waals surface area contributed by atoms with Gasteiger partial charge in [-0.15, -0.1) is 11.6 Å². The quantitative estimate of drug-likeness (QED) is 0.773. The number of amidine groups is 1. The van der Waals surface area contributed by atoms with Crippen LogP contribution in [0.4, 0.5) is 0 Å². The lowest BCUT2D eigenvalue weighted by atomic mass is 9.64. The molecule has 4 nitrogen and oxygen atoms in total. The van der Waals surface area contributed by atoms with E-state index in [1.807, 2.05) is 0 Å². The molecule has 0 aromatic heterocycles. The molecule has 0 saturated heterocycles. The van der Waals surface area contributed by atoms with E-state index in [-0.39, 0.29) is 23.3 Å². The molecule has 1 heterocycles. The van der Waals surface area contributed by atoms with Crippen LogP contribution in [0, 0.1) is 11.8 Å². The van der Waals surface area contributed by atoms with Crippen molar-refractivity contribution in [2.45, 2.75) is 81.9 Å². The fraction of sp³-hybridized carbons (Fsp3) is 0.944. The summed E-state index contributed by atoms with van der Waals surface area (Å²) in [4.78, 5) is 7.19. The van der Waals surface area contributed by atoms with Gasteiger partial charge in [0.05, 0.1) is 6.04 Å². The third-order valence-corrected chi connectivity index (χ3v) is 7.00. The number of nitrogens with zero attached hydrogens (tertiary/aromatic N) is 2. The summed E-state index contributed by atoms with van der Waals surface area (Å²) in [5.41, 5.74) is 5.38. The largest absolute Gasteiger partial charge is 0.385 e. The Balaban J connectivity index is 1.91. The van der Waals surface area contributed by atoms with E-state index in [1.54, 1.807) is 0 Å². The molecule has 2 fully saturated rings. The maximum Gasteiger partial charge on any atom is 0.130 e. The normalized spacial score (nSPS) is 44.2. The minimum Gasteiger partial charge on any atom is -0.385 e. The molecule has 0 spiro atoms.